The molecule has 2 fully saturated rings. The van der Waals surface area contributed by atoms with Crippen molar-refractivity contribution in [1.29, 1.82) is 0 Å². The van der Waals surface area contributed by atoms with Crippen LogP contribution in [-0.2, 0) is 0 Å². The first-order valence-corrected chi connectivity index (χ1v) is 9.37. The molecule has 3 aliphatic rings. The topological polar surface area (TPSA) is 129 Å². The number of aromatic nitrogens is 1. The molecule has 0 bridgehead atoms. The minimum Gasteiger partial charge on any atom is -0.506 e. The number of carbonyl (C=O) groups is 1. The molecular weight excluding hydrogens is 362 g/mol. The van der Waals surface area contributed by atoms with Crippen LogP contribution in [0.25, 0.3) is 11.3 Å². The number of piperidine rings is 1. The third-order valence-corrected chi connectivity index (χ3v) is 6.28. The minimum absolute atomic E-state index is 0.262. The van der Waals surface area contributed by atoms with E-state index in [-0.39, 0.29) is 12.5 Å². The number of aromatic hydroxyl groups is 1. The van der Waals surface area contributed by atoms with Gasteiger partial charge < -0.3 is 30.6 Å². The van der Waals surface area contributed by atoms with E-state index in [4.69, 9.17) is 10.5 Å². The van der Waals surface area contributed by atoms with Crippen molar-refractivity contribution in [1.82, 2.24) is 4.98 Å². The van der Waals surface area contributed by atoms with Crippen molar-refractivity contribution < 1.29 is 19.7 Å². The normalized spacial score (nSPS) is 27.3. The molecule has 1 unspecified atom stereocenters. The van der Waals surface area contributed by atoms with E-state index in [1.807, 2.05) is 25.1 Å². The highest BCUT2D eigenvalue weighted by molar-refractivity contribution is 5.92. The van der Waals surface area contributed by atoms with Gasteiger partial charge in [-0.25, -0.2) is 4.79 Å². The zero-order chi connectivity index (χ0) is 19.7. The Labute approximate surface area is 160 Å². The first-order chi connectivity index (χ1) is 13.4. The zero-order valence-corrected chi connectivity index (χ0v) is 15.3. The minimum atomic E-state index is -1.46. The molecule has 5 N–H and O–H groups in total. The van der Waals surface area contributed by atoms with Crippen LogP contribution in [0.4, 0.5) is 5.69 Å². The van der Waals surface area contributed by atoms with Gasteiger partial charge in [-0.2, -0.15) is 0 Å². The second kappa shape index (κ2) is 5.75. The van der Waals surface area contributed by atoms with Crippen LogP contribution in [-0.4, -0.2) is 46.9 Å². The van der Waals surface area contributed by atoms with Gasteiger partial charge in [0.15, 0.2) is 5.56 Å². The lowest BCUT2D eigenvalue weighted by Gasteiger charge is -2.22. The number of rotatable bonds is 2. The highest BCUT2D eigenvalue weighted by Gasteiger charge is 2.53. The van der Waals surface area contributed by atoms with Crippen LogP contribution in [0.1, 0.15) is 28.8 Å². The second-order valence-corrected chi connectivity index (χ2v) is 7.97. The summed E-state index contributed by atoms with van der Waals surface area (Å²) in [4.78, 5) is 28.6. The number of anilines is 1. The molecule has 0 spiro atoms. The number of nitrogens with two attached hydrogens (primary N) is 1. The second-order valence-electron chi connectivity index (χ2n) is 7.97. The molecule has 3 heterocycles. The average molecular weight is 383 g/mol. The average Bonchev–Trinajstić information content (AvgIpc) is 3.08. The molecule has 1 saturated heterocycles. The number of ether oxygens (including phenoxy) is 1. The summed E-state index contributed by atoms with van der Waals surface area (Å²) in [6, 6.07) is 6.06. The van der Waals surface area contributed by atoms with E-state index in [0.717, 1.165) is 18.8 Å². The standard InChI is InChI=1S/C20H21N3O5/c1-8-7-28-13-4-9(23-5-11-12(6-23)16(11)21)2-3-10(13)17-14(8)18(24)15(20(26)27)19(25)22-17/h2-4,8,11-12,16H,5-7,21H2,1H3,(H,26,27)(H2,22,24,25)/t8?,11-,12+,16+. The van der Waals surface area contributed by atoms with Crippen LogP contribution < -0.4 is 20.9 Å². The lowest BCUT2D eigenvalue weighted by molar-refractivity contribution is 0.0691. The van der Waals surface area contributed by atoms with Crippen molar-refractivity contribution in [2.45, 2.75) is 18.9 Å². The molecular formula is C20H21N3O5. The Morgan fingerprint density at radius 3 is 2.71 bits per heavy atom. The maximum Gasteiger partial charge on any atom is 0.345 e. The Morgan fingerprint density at radius 2 is 2.04 bits per heavy atom. The van der Waals surface area contributed by atoms with Crippen molar-refractivity contribution in [2.75, 3.05) is 24.6 Å². The number of carboxylic acid groups (broad SMARTS) is 1. The molecule has 1 saturated carbocycles. The molecule has 1 aromatic carbocycles. The summed E-state index contributed by atoms with van der Waals surface area (Å²) in [6.07, 6.45) is 0. The van der Waals surface area contributed by atoms with Gasteiger partial charge in [0.1, 0.15) is 11.5 Å². The SMILES string of the molecule is CC1COc2cc(N3C[C@@H]4[C@@H](N)[C@@H]4C3)ccc2-c2[nH]c(=O)c(C(=O)O)c(O)c21. The first-order valence-electron chi connectivity index (χ1n) is 9.37. The highest BCUT2D eigenvalue weighted by atomic mass is 16.5. The van der Waals surface area contributed by atoms with Gasteiger partial charge in [-0.15, -0.1) is 0 Å². The largest absolute Gasteiger partial charge is 0.506 e. The summed E-state index contributed by atoms with van der Waals surface area (Å²) in [6.45, 7) is 3.94. The summed E-state index contributed by atoms with van der Waals surface area (Å²) in [5.41, 5.74) is 7.01. The Hall–Kier alpha value is -3.00. The number of benzene rings is 1. The van der Waals surface area contributed by atoms with Crippen molar-refractivity contribution in [3.8, 4) is 22.8 Å². The summed E-state index contributed by atoms with van der Waals surface area (Å²) in [5, 5.41) is 19.8. The smallest absolute Gasteiger partial charge is 0.345 e. The fourth-order valence-electron chi connectivity index (χ4n) is 4.61. The fraction of sp³-hybridized carbons (Fsp3) is 0.400. The molecule has 146 valence electrons. The van der Waals surface area contributed by atoms with Crippen molar-refractivity contribution in [3.05, 3.63) is 39.7 Å². The van der Waals surface area contributed by atoms with Crippen molar-refractivity contribution in [3.63, 3.8) is 0 Å². The molecule has 2 aromatic rings. The third kappa shape index (κ3) is 2.34. The number of nitrogens with one attached hydrogen (secondary N) is 1. The maximum atomic E-state index is 12.3. The van der Waals surface area contributed by atoms with Gasteiger partial charge in [-0.1, -0.05) is 6.92 Å². The lowest BCUT2D eigenvalue weighted by Crippen LogP contribution is -2.27. The van der Waals surface area contributed by atoms with Crippen LogP contribution in [0, 0.1) is 11.8 Å². The van der Waals surface area contributed by atoms with E-state index >= 15 is 0 Å². The van der Waals surface area contributed by atoms with E-state index in [1.165, 1.54) is 0 Å². The van der Waals surface area contributed by atoms with Crippen molar-refractivity contribution in [2.24, 2.45) is 17.6 Å². The number of pyridine rings is 1. The maximum absolute atomic E-state index is 12.3. The predicted octanol–water partition coefficient (Wildman–Crippen LogP) is 1.33. The van der Waals surface area contributed by atoms with Gasteiger partial charge in [-0.05, 0) is 24.0 Å². The number of aromatic amines is 1. The number of hydrogen-bond donors (Lipinski definition) is 4. The zero-order valence-electron chi connectivity index (χ0n) is 15.3. The summed E-state index contributed by atoms with van der Waals surface area (Å²) in [7, 11) is 0. The molecule has 8 nitrogen and oxygen atoms in total. The van der Waals surface area contributed by atoms with Gasteiger partial charge in [0, 0.05) is 47.9 Å². The fourth-order valence-corrected chi connectivity index (χ4v) is 4.61. The molecule has 0 radical (unpaired) electrons. The van der Waals surface area contributed by atoms with Crippen LogP contribution in [0.5, 0.6) is 11.5 Å². The van der Waals surface area contributed by atoms with E-state index in [9.17, 15) is 19.8 Å². The highest BCUT2D eigenvalue weighted by Crippen LogP contribution is 2.47. The van der Waals surface area contributed by atoms with Gasteiger partial charge >= 0.3 is 5.97 Å². The molecule has 4 atom stereocenters. The van der Waals surface area contributed by atoms with Gasteiger partial charge in [0.25, 0.3) is 5.56 Å². The molecule has 2 aliphatic heterocycles. The monoisotopic (exact) mass is 383 g/mol. The summed E-state index contributed by atoms with van der Waals surface area (Å²) < 4.78 is 5.97. The van der Waals surface area contributed by atoms with Gasteiger partial charge in [-0.3, -0.25) is 4.79 Å². The predicted molar refractivity (Wildman–Crippen MR) is 102 cm³/mol. The van der Waals surface area contributed by atoms with Crippen molar-refractivity contribution >= 4 is 11.7 Å². The Kier molecular flexibility index (Phi) is 3.51. The molecule has 0 amide bonds. The van der Waals surface area contributed by atoms with E-state index < -0.39 is 22.8 Å². The van der Waals surface area contributed by atoms with Crippen LogP contribution in [0.3, 0.4) is 0 Å². The van der Waals surface area contributed by atoms with Crippen LogP contribution >= 0.6 is 0 Å². The first kappa shape index (κ1) is 17.1. The Balaban J connectivity index is 1.60. The van der Waals surface area contributed by atoms with Gasteiger partial charge in [0.05, 0.1) is 12.3 Å². The summed E-state index contributed by atoms with van der Waals surface area (Å²) >= 11 is 0. The quantitative estimate of drug-likeness (QED) is 0.616. The van der Waals surface area contributed by atoms with Crippen LogP contribution in [0.2, 0.25) is 0 Å². The number of fused-ring (bicyclic) bond motifs is 4. The van der Waals surface area contributed by atoms with E-state index in [0.29, 0.717) is 40.4 Å². The summed E-state index contributed by atoms with van der Waals surface area (Å²) in [5.74, 6) is -0.524. The number of aromatic carboxylic acids is 1. The molecule has 1 aliphatic carbocycles. The third-order valence-electron chi connectivity index (χ3n) is 6.28. The van der Waals surface area contributed by atoms with Gasteiger partial charge in [0.2, 0.25) is 0 Å². The Bertz CT molecular complexity index is 1050. The van der Waals surface area contributed by atoms with E-state index in [2.05, 4.69) is 9.88 Å². The van der Waals surface area contributed by atoms with Crippen LogP contribution in [0.15, 0.2) is 23.0 Å². The number of nitrogens with zero attached hydrogens (tertiary/aromatic N) is 1. The molecule has 28 heavy (non-hydrogen) atoms. The lowest BCUT2D eigenvalue weighted by atomic mass is 9.94. The Morgan fingerprint density at radius 1 is 1.32 bits per heavy atom. The number of H-pyrrole nitrogens is 1. The molecule has 1 aromatic heterocycles. The molecule has 5 rings (SSSR count). The van der Waals surface area contributed by atoms with E-state index in [1.54, 1.807) is 0 Å². The number of hydrogen-bond acceptors (Lipinski definition) is 6. The molecule has 8 heteroatoms. The number of carboxylic acids is 1.